The molecular weight excluding hydrogens is 191 g/mol. The minimum absolute atomic E-state index is 0. The summed E-state index contributed by atoms with van der Waals surface area (Å²) in [7, 11) is 0. The molecule has 4 heteroatoms. The van der Waals surface area contributed by atoms with E-state index in [4.69, 9.17) is 0 Å². The number of hydrogen-bond donors (Lipinski definition) is 1. The highest BCUT2D eigenvalue weighted by atomic mass is 35.5. The molecular formula is C9H12ClFN2. The Bertz CT molecular complexity index is 257. The molecule has 0 saturated carbocycles. The second kappa shape index (κ2) is 4.53. The molecule has 0 aliphatic carbocycles. The zero-order valence-corrected chi connectivity index (χ0v) is 7.98. The van der Waals surface area contributed by atoms with Crippen LogP contribution in [0.5, 0.6) is 0 Å². The zero-order valence-electron chi connectivity index (χ0n) is 7.16. The van der Waals surface area contributed by atoms with Gasteiger partial charge in [0.1, 0.15) is 5.82 Å². The van der Waals surface area contributed by atoms with Crippen LogP contribution >= 0.6 is 12.4 Å². The molecule has 1 aliphatic heterocycles. The Kier molecular flexibility index (Phi) is 3.63. The minimum Gasteiger partial charge on any atom is -0.309 e. The van der Waals surface area contributed by atoms with Gasteiger partial charge in [0.05, 0.1) is 11.9 Å². The fourth-order valence-electron chi connectivity index (χ4n) is 1.53. The lowest BCUT2D eigenvalue weighted by atomic mass is 10.1. The molecule has 72 valence electrons. The Hall–Kier alpha value is -0.670. The first-order chi connectivity index (χ1) is 5.86. The number of nitrogens with zero attached hydrogens (tertiary/aromatic N) is 1. The van der Waals surface area contributed by atoms with Crippen molar-refractivity contribution in [3.8, 4) is 0 Å². The molecule has 1 atom stereocenters. The molecule has 0 spiro atoms. The van der Waals surface area contributed by atoms with Crippen LogP contribution in [0.15, 0.2) is 18.3 Å². The van der Waals surface area contributed by atoms with Crippen molar-refractivity contribution in [3.63, 3.8) is 0 Å². The highest BCUT2D eigenvalue weighted by Gasteiger charge is 2.16. The second-order valence-corrected chi connectivity index (χ2v) is 3.05. The Morgan fingerprint density at radius 3 is 2.85 bits per heavy atom. The van der Waals surface area contributed by atoms with Crippen molar-refractivity contribution >= 4 is 12.4 Å². The maximum Gasteiger partial charge on any atom is 0.141 e. The van der Waals surface area contributed by atoms with Gasteiger partial charge in [-0.1, -0.05) is 0 Å². The van der Waals surface area contributed by atoms with Crippen LogP contribution in [0.3, 0.4) is 0 Å². The number of aromatic nitrogens is 1. The van der Waals surface area contributed by atoms with Gasteiger partial charge in [-0.2, -0.15) is 0 Å². The molecule has 2 heterocycles. The minimum atomic E-state index is -0.267. The van der Waals surface area contributed by atoms with E-state index >= 15 is 0 Å². The van der Waals surface area contributed by atoms with Crippen LogP contribution in [0.1, 0.15) is 24.6 Å². The van der Waals surface area contributed by atoms with Crippen molar-refractivity contribution in [1.82, 2.24) is 10.3 Å². The van der Waals surface area contributed by atoms with Crippen molar-refractivity contribution < 1.29 is 4.39 Å². The van der Waals surface area contributed by atoms with Crippen molar-refractivity contribution in [2.45, 2.75) is 18.9 Å². The summed E-state index contributed by atoms with van der Waals surface area (Å²) < 4.78 is 12.5. The fourth-order valence-corrected chi connectivity index (χ4v) is 1.53. The first-order valence-corrected chi connectivity index (χ1v) is 4.21. The van der Waals surface area contributed by atoms with Gasteiger partial charge in [-0.25, -0.2) is 4.39 Å². The predicted molar refractivity (Wildman–Crippen MR) is 51.4 cm³/mol. The SMILES string of the molecule is Cl.Fc1ccc(C2CCCN2)nc1. The standard InChI is InChI=1S/C9H11FN2.ClH/c10-7-3-4-9(12-6-7)8-2-1-5-11-8;/h3-4,6,8,11H,1-2,5H2;1H. The van der Waals surface area contributed by atoms with E-state index in [0.717, 1.165) is 18.7 Å². The highest BCUT2D eigenvalue weighted by molar-refractivity contribution is 5.85. The average molecular weight is 203 g/mol. The summed E-state index contributed by atoms with van der Waals surface area (Å²) in [6.45, 7) is 1.05. The van der Waals surface area contributed by atoms with Crippen LogP contribution in [0, 0.1) is 5.82 Å². The lowest BCUT2D eigenvalue weighted by molar-refractivity contribution is 0.598. The molecule has 0 amide bonds. The molecule has 2 nitrogen and oxygen atoms in total. The summed E-state index contributed by atoms with van der Waals surface area (Å²) in [5, 5.41) is 3.31. The van der Waals surface area contributed by atoms with Crippen LogP contribution in [-0.2, 0) is 0 Å². The summed E-state index contributed by atoms with van der Waals surface area (Å²) in [6.07, 6.45) is 3.57. The molecule has 1 fully saturated rings. The smallest absolute Gasteiger partial charge is 0.141 e. The first kappa shape index (κ1) is 10.4. The van der Waals surface area contributed by atoms with E-state index in [1.54, 1.807) is 6.07 Å². The fraction of sp³-hybridized carbons (Fsp3) is 0.444. The number of hydrogen-bond acceptors (Lipinski definition) is 2. The van der Waals surface area contributed by atoms with E-state index in [1.807, 2.05) is 0 Å². The molecule has 2 rings (SSSR count). The number of pyridine rings is 1. The van der Waals surface area contributed by atoms with E-state index in [-0.39, 0.29) is 18.2 Å². The van der Waals surface area contributed by atoms with Crippen LogP contribution < -0.4 is 5.32 Å². The van der Waals surface area contributed by atoms with Gasteiger partial charge in [0, 0.05) is 6.04 Å². The monoisotopic (exact) mass is 202 g/mol. The molecule has 1 aromatic heterocycles. The Morgan fingerprint density at radius 1 is 1.46 bits per heavy atom. The summed E-state index contributed by atoms with van der Waals surface area (Å²) >= 11 is 0. The Balaban J connectivity index is 0.000000845. The van der Waals surface area contributed by atoms with Crippen LogP contribution in [0.2, 0.25) is 0 Å². The maximum absolute atomic E-state index is 12.5. The van der Waals surface area contributed by atoms with E-state index in [9.17, 15) is 4.39 Å². The third-order valence-corrected chi connectivity index (χ3v) is 2.17. The van der Waals surface area contributed by atoms with Gasteiger partial charge in [0.15, 0.2) is 0 Å². The summed E-state index contributed by atoms with van der Waals surface area (Å²) in [5.41, 5.74) is 0.953. The van der Waals surface area contributed by atoms with Gasteiger partial charge in [-0.3, -0.25) is 4.98 Å². The third-order valence-electron chi connectivity index (χ3n) is 2.17. The molecule has 0 aromatic carbocycles. The van der Waals surface area contributed by atoms with Crippen molar-refractivity contribution in [2.75, 3.05) is 6.54 Å². The molecule has 0 radical (unpaired) electrons. The zero-order chi connectivity index (χ0) is 8.39. The summed E-state index contributed by atoms with van der Waals surface area (Å²) in [5.74, 6) is -0.267. The van der Waals surface area contributed by atoms with E-state index in [2.05, 4.69) is 10.3 Å². The van der Waals surface area contributed by atoms with Crippen LogP contribution in [0.4, 0.5) is 4.39 Å². The third kappa shape index (κ3) is 2.39. The number of halogens is 2. The van der Waals surface area contributed by atoms with Crippen molar-refractivity contribution in [1.29, 1.82) is 0 Å². The van der Waals surface area contributed by atoms with Gasteiger partial charge in [0.25, 0.3) is 0 Å². The molecule has 1 saturated heterocycles. The van der Waals surface area contributed by atoms with E-state index in [1.165, 1.54) is 18.7 Å². The molecule has 1 unspecified atom stereocenters. The average Bonchev–Trinajstić information content (AvgIpc) is 2.58. The molecule has 1 aromatic rings. The summed E-state index contributed by atoms with van der Waals surface area (Å²) in [6, 6.07) is 3.55. The van der Waals surface area contributed by atoms with Crippen LogP contribution in [0.25, 0.3) is 0 Å². The van der Waals surface area contributed by atoms with Gasteiger partial charge in [0.2, 0.25) is 0 Å². The van der Waals surface area contributed by atoms with E-state index in [0.29, 0.717) is 6.04 Å². The van der Waals surface area contributed by atoms with E-state index < -0.39 is 0 Å². The molecule has 0 bridgehead atoms. The first-order valence-electron chi connectivity index (χ1n) is 4.21. The normalized spacial score (nSPS) is 21.2. The van der Waals surface area contributed by atoms with Crippen molar-refractivity contribution in [2.24, 2.45) is 0 Å². The second-order valence-electron chi connectivity index (χ2n) is 3.05. The van der Waals surface area contributed by atoms with Gasteiger partial charge < -0.3 is 5.32 Å². The van der Waals surface area contributed by atoms with Crippen molar-refractivity contribution in [3.05, 3.63) is 29.8 Å². The highest BCUT2D eigenvalue weighted by Crippen LogP contribution is 2.20. The quantitative estimate of drug-likeness (QED) is 0.754. The largest absolute Gasteiger partial charge is 0.309 e. The maximum atomic E-state index is 12.5. The van der Waals surface area contributed by atoms with Gasteiger partial charge in [-0.05, 0) is 31.5 Å². The molecule has 13 heavy (non-hydrogen) atoms. The Labute approximate surface area is 83.0 Å². The van der Waals surface area contributed by atoms with Gasteiger partial charge >= 0.3 is 0 Å². The number of nitrogens with one attached hydrogen (secondary N) is 1. The van der Waals surface area contributed by atoms with Gasteiger partial charge in [-0.15, -0.1) is 12.4 Å². The topological polar surface area (TPSA) is 24.9 Å². The number of rotatable bonds is 1. The predicted octanol–water partition coefficient (Wildman–Crippen LogP) is 2.07. The lowest BCUT2D eigenvalue weighted by Gasteiger charge is -2.07. The van der Waals surface area contributed by atoms with Crippen LogP contribution in [-0.4, -0.2) is 11.5 Å². The molecule has 1 N–H and O–H groups in total. The summed E-state index contributed by atoms with van der Waals surface area (Å²) in [4.78, 5) is 4.02. The Morgan fingerprint density at radius 2 is 2.31 bits per heavy atom. The lowest BCUT2D eigenvalue weighted by Crippen LogP contribution is -2.13. The molecule has 1 aliphatic rings.